The second-order valence-electron chi connectivity index (χ2n) is 6.12. The van der Waals surface area contributed by atoms with E-state index >= 15 is 0 Å². The van der Waals surface area contributed by atoms with E-state index in [1.54, 1.807) is 6.20 Å². The van der Waals surface area contributed by atoms with E-state index in [0.29, 0.717) is 11.4 Å². The molecule has 2 atom stereocenters. The van der Waals surface area contributed by atoms with Crippen LogP contribution < -0.4 is 4.90 Å². The van der Waals surface area contributed by atoms with Gasteiger partial charge in [0.05, 0.1) is 23.5 Å². The minimum atomic E-state index is 0.113. The van der Waals surface area contributed by atoms with Crippen molar-refractivity contribution in [2.45, 2.75) is 39.9 Å². The molecule has 0 spiro atoms. The van der Waals surface area contributed by atoms with Gasteiger partial charge in [-0.25, -0.2) is 4.98 Å². The molecule has 1 aliphatic heterocycles. The van der Waals surface area contributed by atoms with E-state index in [0.717, 1.165) is 42.0 Å². The van der Waals surface area contributed by atoms with Gasteiger partial charge in [0.25, 0.3) is 0 Å². The number of carbonyl (C=O) groups is 1. The van der Waals surface area contributed by atoms with Crippen LogP contribution in [0.15, 0.2) is 16.8 Å². The van der Waals surface area contributed by atoms with Crippen LogP contribution in [0.1, 0.15) is 35.7 Å². The Morgan fingerprint density at radius 2 is 1.96 bits per heavy atom. The van der Waals surface area contributed by atoms with Crippen molar-refractivity contribution in [2.24, 2.45) is 0 Å². The lowest BCUT2D eigenvalue weighted by Crippen LogP contribution is -2.46. The first-order chi connectivity index (χ1) is 11.0. The first-order valence-corrected chi connectivity index (χ1v) is 7.78. The lowest BCUT2D eigenvalue weighted by molar-refractivity contribution is -0.00549. The summed E-state index contributed by atoms with van der Waals surface area (Å²) in [5.74, 6) is 1.43. The number of hydrogen-bond acceptors (Lipinski definition) is 6. The molecule has 3 heterocycles. The Morgan fingerprint density at radius 3 is 2.52 bits per heavy atom. The summed E-state index contributed by atoms with van der Waals surface area (Å²) in [7, 11) is 0. The molecule has 3 rings (SSSR count). The highest BCUT2D eigenvalue weighted by Crippen LogP contribution is 2.30. The quantitative estimate of drug-likeness (QED) is 0.811. The number of nitrogens with zero attached hydrogens (tertiary/aromatic N) is 3. The number of pyridine rings is 1. The van der Waals surface area contributed by atoms with Gasteiger partial charge in [0.15, 0.2) is 6.29 Å². The van der Waals surface area contributed by atoms with E-state index in [2.05, 4.69) is 15.0 Å². The summed E-state index contributed by atoms with van der Waals surface area (Å²) in [6.45, 7) is 9.25. The van der Waals surface area contributed by atoms with Crippen LogP contribution in [0.3, 0.4) is 0 Å². The summed E-state index contributed by atoms with van der Waals surface area (Å²) < 4.78 is 11.0. The molecule has 0 N–H and O–H groups in total. The molecule has 122 valence electrons. The molecule has 2 aromatic rings. The molecular formula is C17H21N3O3. The third-order valence-corrected chi connectivity index (χ3v) is 4.06. The minimum absolute atomic E-state index is 0.113. The highest BCUT2D eigenvalue weighted by Gasteiger charge is 2.25. The Kier molecular flexibility index (Phi) is 4.17. The average Bonchev–Trinajstić information content (AvgIpc) is 2.84. The third kappa shape index (κ3) is 2.99. The normalized spacial score (nSPS) is 21.5. The van der Waals surface area contributed by atoms with Gasteiger partial charge < -0.3 is 14.2 Å². The molecule has 0 aromatic carbocycles. The molecule has 1 fully saturated rings. The Morgan fingerprint density at radius 1 is 1.26 bits per heavy atom. The second kappa shape index (κ2) is 6.12. The Balaban J connectivity index is 1.99. The van der Waals surface area contributed by atoms with Gasteiger partial charge in [-0.2, -0.15) is 0 Å². The highest BCUT2D eigenvalue weighted by atomic mass is 16.5. The van der Waals surface area contributed by atoms with Crippen molar-refractivity contribution >= 4 is 12.1 Å². The number of aldehydes is 1. The fourth-order valence-corrected chi connectivity index (χ4v) is 3.21. The first-order valence-electron chi connectivity index (χ1n) is 7.78. The molecule has 23 heavy (non-hydrogen) atoms. The largest absolute Gasteiger partial charge is 0.372 e. The van der Waals surface area contributed by atoms with Crippen molar-refractivity contribution in [1.29, 1.82) is 0 Å². The SMILES string of the molecule is Cc1noc(C)c1-c1cnc(N2C[C@@H](C)O[C@@H](C)C2)c(C=O)c1. The van der Waals surface area contributed by atoms with Gasteiger partial charge in [-0.05, 0) is 33.8 Å². The van der Waals surface area contributed by atoms with Gasteiger partial charge in [-0.3, -0.25) is 4.79 Å². The van der Waals surface area contributed by atoms with E-state index in [-0.39, 0.29) is 12.2 Å². The molecule has 0 bridgehead atoms. The lowest BCUT2D eigenvalue weighted by atomic mass is 10.0. The van der Waals surface area contributed by atoms with Crippen molar-refractivity contribution in [2.75, 3.05) is 18.0 Å². The summed E-state index contributed by atoms with van der Waals surface area (Å²) in [4.78, 5) is 18.2. The van der Waals surface area contributed by atoms with Crippen LogP contribution in [0.25, 0.3) is 11.1 Å². The van der Waals surface area contributed by atoms with E-state index in [9.17, 15) is 4.79 Å². The zero-order valence-electron chi connectivity index (χ0n) is 13.9. The van der Waals surface area contributed by atoms with Crippen LogP contribution in [-0.4, -0.2) is 41.7 Å². The molecule has 6 nitrogen and oxygen atoms in total. The first kappa shape index (κ1) is 15.7. The highest BCUT2D eigenvalue weighted by molar-refractivity contribution is 5.86. The van der Waals surface area contributed by atoms with Crippen molar-refractivity contribution in [3.8, 4) is 11.1 Å². The van der Waals surface area contributed by atoms with Crippen LogP contribution in [0, 0.1) is 13.8 Å². The number of hydrogen-bond donors (Lipinski definition) is 0. The standard InChI is InChI=1S/C17H21N3O3/c1-10-7-20(8-11(2)22-10)17-15(9-21)5-14(6-18-17)16-12(3)19-23-13(16)4/h5-6,9-11H,7-8H2,1-4H3/t10-,11+. The molecule has 0 unspecified atom stereocenters. The zero-order chi connectivity index (χ0) is 16.6. The summed E-state index contributed by atoms with van der Waals surface area (Å²) in [5, 5.41) is 3.96. The molecule has 2 aromatic heterocycles. The van der Waals surface area contributed by atoms with Crippen molar-refractivity contribution in [3.63, 3.8) is 0 Å². The summed E-state index contributed by atoms with van der Waals surface area (Å²) >= 11 is 0. The van der Waals surface area contributed by atoms with E-state index in [1.807, 2.05) is 33.8 Å². The summed E-state index contributed by atoms with van der Waals surface area (Å²) in [5.41, 5.74) is 3.11. The minimum Gasteiger partial charge on any atom is -0.372 e. The fraction of sp³-hybridized carbons (Fsp3) is 0.471. The van der Waals surface area contributed by atoms with Gasteiger partial charge in [0.2, 0.25) is 0 Å². The number of rotatable bonds is 3. The molecule has 0 aliphatic carbocycles. The maximum absolute atomic E-state index is 11.6. The van der Waals surface area contributed by atoms with E-state index in [1.165, 1.54) is 0 Å². The van der Waals surface area contributed by atoms with Crippen molar-refractivity contribution in [1.82, 2.24) is 10.1 Å². The number of anilines is 1. The Labute approximate surface area is 135 Å². The lowest BCUT2D eigenvalue weighted by Gasteiger charge is -2.36. The van der Waals surface area contributed by atoms with Gasteiger partial charge >= 0.3 is 0 Å². The topological polar surface area (TPSA) is 68.5 Å². The Hall–Kier alpha value is -2.21. The fourth-order valence-electron chi connectivity index (χ4n) is 3.21. The zero-order valence-corrected chi connectivity index (χ0v) is 13.9. The molecule has 1 aliphatic rings. The van der Waals surface area contributed by atoms with Crippen molar-refractivity contribution < 1.29 is 14.1 Å². The summed E-state index contributed by atoms with van der Waals surface area (Å²) in [6, 6.07) is 1.85. The van der Waals surface area contributed by atoms with Crippen LogP contribution in [0.5, 0.6) is 0 Å². The maximum Gasteiger partial charge on any atom is 0.153 e. The van der Waals surface area contributed by atoms with Crippen LogP contribution >= 0.6 is 0 Å². The second-order valence-corrected chi connectivity index (χ2v) is 6.12. The monoisotopic (exact) mass is 315 g/mol. The van der Waals surface area contributed by atoms with Crippen LogP contribution in [0.4, 0.5) is 5.82 Å². The van der Waals surface area contributed by atoms with Crippen molar-refractivity contribution in [3.05, 3.63) is 29.3 Å². The number of carbonyl (C=O) groups excluding carboxylic acids is 1. The van der Waals surface area contributed by atoms with Gasteiger partial charge in [-0.1, -0.05) is 5.16 Å². The molecule has 0 radical (unpaired) electrons. The van der Waals surface area contributed by atoms with Gasteiger partial charge in [0, 0.05) is 30.4 Å². The number of morpholine rings is 1. The van der Waals surface area contributed by atoms with Gasteiger partial charge in [0.1, 0.15) is 11.6 Å². The molecule has 6 heteroatoms. The third-order valence-electron chi connectivity index (χ3n) is 4.06. The average molecular weight is 315 g/mol. The number of aryl methyl sites for hydroxylation is 2. The van der Waals surface area contributed by atoms with Gasteiger partial charge in [-0.15, -0.1) is 0 Å². The maximum atomic E-state index is 11.6. The Bertz CT molecular complexity index is 696. The molecule has 0 amide bonds. The molecule has 1 saturated heterocycles. The number of ether oxygens (including phenoxy) is 1. The van der Waals surface area contributed by atoms with Crippen LogP contribution in [-0.2, 0) is 4.74 Å². The smallest absolute Gasteiger partial charge is 0.153 e. The number of aromatic nitrogens is 2. The van der Waals surface area contributed by atoms with E-state index in [4.69, 9.17) is 9.26 Å². The predicted molar refractivity (Wildman–Crippen MR) is 86.8 cm³/mol. The summed E-state index contributed by atoms with van der Waals surface area (Å²) in [6.07, 6.45) is 2.86. The predicted octanol–water partition coefficient (Wildman–Crippen LogP) is 2.78. The molecule has 0 saturated carbocycles. The van der Waals surface area contributed by atoms with E-state index < -0.39 is 0 Å². The van der Waals surface area contributed by atoms with Crippen LogP contribution in [0.2, 0.25) is 0 Å². The molecular weight excluding hydrogens is 294 g/mol.